The summed E-state index contributed by atoms with van der Waals surface area (Å²) in [7, 11) is 0. The average Bonchev–Trinajstić information content (AvgIpc) is 2.46. The van der Waals surface area contributed by atoms with Gasteiger partial charge in [-0.05, 0) is 17.7 Å². The third kappa shape index (κ3) is 4.00. The van der Waals surface area contributed by atoms with Gasteiger partial charge in [-0.2, -0.15) is 0 Å². The molecule has 1 heterocycles. The van der Waals surface area contributed by atoms with Gasteiger partial charge >= 0.3 is 0 Å². The lowest BCUT2D eigenvalue weighted by atomic mass is 10.2. The molecule has 0 spiro atoms. The molecule has 0 bridgehead atoms. The Morgan fingerprint density at radius 3 is 2.43 bits per heavy atom. The van der Waals surface area contributed by atoms with Gasteiger partial charge in [0.2, 0.25) is 5.91 Å². The average molecular weight is 285 g/mol. The van der Waals surface area contributed by atoms with Crippen molar-refractivity contribution in [2.45, 2.75) is 13.5 Å². The molecule has 21 heavy (non-hydrogen) atoms. The van der Waals surface area contributed by atoms with Crippen molar-refractivity contribution in [2.75, 3.05) is 10.6 Å². The van der Waals surface area contributed by atoms with Crippen LogP contribution in [0.4, 0.5) is 11.5 Å². The number of nitrogens with one attached hydrogen (secondary N) is 2. The summed E-state index contributed by atoms with van der Waals surface area (Å²) in [4.78, 5) is 30.1. The molecule has 0 radical (unpaired) electrons. The van der Waals surface area contributed by atoms with Gasteiger partial charge in [0.1, 0.15) is 0 Å². The van der Waals surface area contributed by atoms with E-state index < -0.39 is 5.91 Å². The van der Waals surface area contributed by atoms with Crippen LogP contribution in [0.2, 0.25) is 0 Å². The first-order valence-corrected chi connectivity index (χ1v) is 6.27. The van der Waals surface area contributed by atoms with E-state index in [-0.39, 0.29) is 11.6 Å². The molecule has 7 heteroatoms. The topological polar surface area (TPSA) is 110 Å². The molecule has 0 aliphatic rings. The number of hydrogen-bond acceptors (Lipinski definition) is 5. The van der Waals surface area contributed by atoms with E-state index in [2.05, 4.69) is 20.6 Å². The molecule has 2 aromatic rings. The lowest BCUT2D eigenvalue weighted by Gasteiger charge is -2.08. The molecule has 0 unspecified atom stereocenters. The minimum absolute atomic E-state index is 0.104. The van der Waals surface area contributed by atoms with Crippen LogP contribution >= 0.6 is 0 Å². The van der Waals surface area contributed by atoms with E-state index in [4.69, 9.17) is 5.73 Å². The number of amides is 2. The van der Waals surface area contributed by atoms with E-state index in [9.17, 15) is 9.59 Å². The van der Waals surface area contributed by atoms with Gasteiger partial charge in [-0.15, -0.1) is 0 Å². The normalized spacial score (nSPS) is 9.95. The van der Waals surface area contributed by atoms with Crippen molar-refractivity contribution in [1.29, 1.82) is 0 Å². The first kappa shape index (κ1) is 14.4. The summed E-state index contributed by atoms with van der Waals surface area (Å²) in [5.41, 5.74) is 7.02. The van der Waals surface area contributed by atoms with Crippen LogP contribution in [-0.4, -0.2) is 21.8 Å². The summed E-state index contributed by atoms with van der Waals surface area (Å²) in [6, 6.07) is 7.31. The second-order valence-corrected chi connectivity index (χ2v) is 4.35. The standard InChI is InChI=1S/C14H15N5O2/c1-9(20)19-11-4-2-10(3-5-11)8-18-14-12(13(15)21)16-6-7-17-14/h2-7H,8H2,1H3,(H2,15,21)(H,17,18)(H,19,20). The zero-order chi connectivity index (χ0) is 15.2. The van der Waals surface area contributed by atoms with Crippen molar-refractivity contribution in [3.63, 3.8) is 0 Å². The van der Waals surface area contributed by atoms with Crippen molar-refractivity contribution in [2.24, 2.45) is 5.73 Å². The van der Waals surface area contributed by atoms with E-state index in [1.165, 1.54) is 19.3 Å². The van der Waals surface area contributed by atoms with Crippen molar-refractivity contribution < 1.29 is 9.59 Å². The minimum Gasteiger partial charge on any atom is -0.364 e. The summed E-state index contributed by atoms with van der Waals surface area (Å²) in [6.45, 7) is 1.91. The molecule has 0 aliphatic heterocycles. The number of carbonyl (C=O) groups is 2. The second-order valence-electron chi connectivity index (χ2n) is 4.35. The van der Waals surface area contributed by atoms with Crippen LogP contribution in [0.1, 0.15) is 23.0 Å². The highest BCUT2D eigenvalue weighted by Gasteiger charge is 2.09. The first-order chi connectivity index (χ1) is 10.1. The number of nitrogens with two attached hydrogens (primary N) is 1. The molecule has 108 valence electrons. The van der Waals surface area contributed by atoms with Crippen LogP contribution in [0.15, 0.2) is 36.7 Å². The van der Waals surface area contributed by atoms with E-state index in [1.807, 2.05) is 12.1 Å². The number of aromatic nitrogens is 2. The van der Waals surface area contributed by atoms with Gasteiger partial charge < -0.3 is 16.4 Å². The van der Waals surface area contributed by atoms with Gasteiger partial charge in [-0.25, -0.2) is 9.97 Å². The molecule has 0 fully saturated rings. The fourth-order valence-corrected chi connectivity index (χ4v) is 1.74. The predicted molar refractivity (Wildman–Crippen MR) is 78.6 cm³/mol. The smallest absolute Gasteiger partial charge is 0.271 e. The monoisotopic (exact) mass is 285 g/mol. The number of carbonyl (C=O) groups excluding carboxylic acids is 2. The molecule has 0 atom stereocenters. The molecule has 0 saturated carbocycles. The van der Waals surface area contributed by atoms with E-state index in [1.54, 1.807) is 12.1 Å². The summed E-state index contributed by atoms with van der Waals surface area (Å²) >= 11 is 0. The summed E-state index contributed by atoms with van der Waals surface area (Å²) < 4.78 is 0. The van der Waals surface area contributed by atoms with Crippen LogP contribution in [-0.2, 0) is 11.3 Å². The van der Waals surface area contributed by atoms with E-state index in [0.29, 0.717) is 12.4 Å². The van der Waals surface area contributed by atoms with Crippen LogP contribution in [0, 0.1) is 0 Å². The van der Waals surface area contributed by atoms with Crippen LogP contribution in [0.5, 0.6) is 0 Å². The van der Waals surface area contributed by atoms with Crippen LogP contribution in [0.3, 0.4) is 0 Å². The van der Waals surface area contributed by atoms with Gasteiger partial charge in [0, 0.05) is 31.5 Å². The Kier molecular flexibility index (Phi) is 4.45. The third-order valence-electron chi connectivity index (χ3n) is 2.67. The Balaban J connectivity index is 2.03. The Hall–Kier alpha value is -2.96. The van der Waals surface area contributed by atoms with Crippen molar-refractivity contribution in [3.05, 3.63) is 47.9 Å². The summed E-state index contributed by atoms with van der Waals surface area (Å²) in [5, 5.41) is 5.70. The largest absolute Gasteiger partial charge is 0.364 e. The maximum atomic E-state index is 11.2. The zero-order valence-corrected chi connectivity index (χ0v) is 11.5. The summed E-state index contributed by atoms with van der Waals surface area (Å²) in [6.07, 6.45) is 2.89. The Labute approximate surface area is 121 Å². The number of hydrogen-bond donors (Lipinski definition) is 3. The molecule has 1 aromatic heterocycles. The maximum absolute atomic E-state index is 11.2. The predicted octanol–water partition coefficient (Wildman–Crippen LogP) is 1.15. The van der Waals surface area contributed by atoms with Gasteiger partial charge in [0.05, 0.1) is 0 Å². The number of nitrogens with zero attached hydrogens (tertiary/aromatic N) is 2. The fraction of sp³-hybridized carbons (Fsp3) is 0.143. The number of primary amides is 1. The molecule has 7 nitrogen and oxygen atoms in total. The molecule has 2 amide bonds. The Morgan fingerprint density at radius 1 is 1.14 bits per heavy atom. The Morgan fingerprint density at radius 2 is 1.81 bits per heavy atom. The molecular weight excluding hydrogens is 270 g/mol. The van der Waals surface area contributed by atoms with Gasteiger partial charge in [0.15, 0.2) is 11.5 Å². The molecular formula is C14H15N5O2. The van der Waals surface area contributed by atoms with Crippen LogP contribution in [0.25, 0.3) is 0 Å². The van der Waals surface area contributed by atoms with Gasteiger partial charge in [0.25, 0.3) is 5.91 Å². The van der Waals surface area contributed by atoms with E-state index >= 15 is 0 Å². The van der Waals surface area contributed by atoms with Crippen molar-refractivity contribution >= 4 is 23.3 Å². The van der Waals surface area contributed by atoms with Gasteiger partial charge in [-0.1, -0.05) is 12.1 Å². The highest BCUT2D eigenvalue weighted by atomic mass is 16.1. The third-order valence-corrected chi connectivity index (χ3v) is 2.67. The molecule has 4 N–H and O–H groups in total. The molecule has 1 aromatic carbocycles. The molecule has 0 saturated heterocycles. The Bertz CT molecular complexity index is 655. The van der Waals surface area contributed by atoms with Crippen LogP contribution < -0.4 is 16.4 Å². The number of rotatable bonds is 5. The molecule has 2 rings (SSSR count). The fourth-order valence-electron chi connectivity index (χ4n) is 1.74. The lowest BCUT2D eigenvalue weighted by Crippen LogP contribution is -2.17. The van der Waals surface area contributed by atoms with Crippen molar-refractivity contribution in [3.8, 4) is 0 Å². The number of anilines is 2. The van der Waals surface area contributed by atoms with E-state index in [0.717, 1.165) is 11.3 Å². The highest BCUT2D eigenvalue weighted by molar-refractivity contribution is 5.95. The van der Waals surface area contributed by atoms with Crippen molar-refractivity contribution in [1.82, 2.24) is 9.97 Å². The minimum atomic E-state index is -0.633. The lowest BCUT2D eigenvalue weighted by molar-refractivity contribution is -0.114. The molecule has 0 aliphatic carbocycles. The zero-order valence-electron chi connectivity index (χ0n) is 11.5. The number of benzene rings is 1. The second kappa shape index (κ2) is 6.47. The summed E-state index contributed by atoms with van der Waals surface area (Å²) in [5.74, 6) is -0.408. The highest BCUT2D eigenvalue weighted by Crippen LogP contribution is 2.12. The maximum Gasteiger partial charge on any atom is 0.271 e. The van der Waals surface area contributed by atoms with Gasteiger partial charge in [-0.3, -0.25) is 9.59 Å². The first-order valence-electron chi connectivity index (χ1n) is 6.27. The SMILES string of the molecule is CC(=O)Nc1ccc(CNc2nccnc2C(N)=O)cc1. The quantitative estimate of drug-likeness (QED) is 0.763.